The molecule has 2 aromatic carbocycles. The van der Waals surface area contributed by atoms with Gasteiger partial charge in [-0.1, -0.05) is 23.7 Å². The summed E-state index contributed by atoms with van der Waals surface area (Å²) in [6, 6.07) is 10.7. The molecule has 2 aromatic rings. The predicted octanol–water partition coefficient (Wildman–Crippen LogP) is 5.02. The van der Waals surface area contributed by atoms with Gasteiger partial charge in [-0.15, -0.1) is 0 Å². The number of nitrogen functional groups attached to an aromatic ring is 1. The smallest absolute Gasteiger partial charge is 0.139 e. The SMILES string of the molecule is CC(c1ccc(Cl)cc1)N(C)c1cc(F)c(Br)cc1N. The first-order valence-corrected chi connectivity index (χ1v) is 7.30. The van der Waals surface area contributed by atoms with E-state index in [1.807, 2.05) is 43.1 Å². The van der Waals surface area contributed by atoms with Crippen molar-refractivity contribution < 1.29 is 4.39 Å². The van der Waals surface area contributed by atoms with Crippen molar-refractivity contribution in [2.45, 2.75) is 13.0 Å². The van der Waals surface area contributed by atoms with Gasteiger partial charge in [0.05, 0.1) is 21.9 Å². The third-order valence-electron chi connectivity index (χ3n) is 3.38. The quantitative estimate of drug-likeness (QED) is 0.781. The molecule has 2 nitrogen and oxygen atoms in total. The molecule has 0 aliphatic carbocycles. The molecule has 20 heavy (non-hydrogen) atoms. The molecular weight excluding hydrogens is 343 g/mol. The lowest BCUT2D eigenvalue weighted by molar-refractivity contribution is 0.619. The maximum absolute atomic E-state index is 13.7. The second kappa shape index (κ2) is 6.02. The zero-order chi connectivity index (χ0) is 14.9. The second-order valence-electron chi connectivity index (χ2n) is 4.66. The van der Waals surface area contributed by atoms with Crippen LogP contribution in [0.3, 0.4) is 0 Å². The molecule has 2 rings (SSSR count). The number of nitrogens with two attached hydrogens (primary N) is 1. The number of halogens is 3. The number of nitrogens with zero attached hydrogens (tertiary/aromatic N) is 1. The van der Waals surface area contributed by atoms with Crippen molar-refractivity contribution in [3.05, 3.63) is 57.3 Å². The fourth-order valence-electron chi connectivity index (χ4n) is 2.03. The minimum absolute atomic E-state index is 0.0511. The van der Waals surface area contributed by atoms with E-state index in [0.717, 1.165) is 5.56 Å². The highest BCUT2D eigenvalue weighted by molar-refractivity contribution is 9.10. The number of anilines is 2. The van der Waals surface area contributed by atoms with Crippen molar-refractivity contribution in [3.63, 3.8) is 0 Å². The molecule has 0 heterocycles. The molecule has 0 saturated carbocycles. The molecule has 0 bridgehead atoms. The summed E-state index contributed by atoms with van der Waals surface area (Å²) in [4.78, 5) is 1.94. The molecule has 0 amide bonds. The zero-order valence-electron chi connectivity index (χ0n) is 11.2. The van der Waals surface area contributed by atoms with Gasteiger partial charge < -0.3 is 10.6 Å². The van der Waals surface area contributed by atoms with Crippen molar-refractivity contribution in [2.75, 3.05) is 17.7 Å². The highest BCUT2D eigenvalue weighted by atomic mass is 79.9. The fraction of sp³-hybridized carbons (Fsp3) is 0.200. The predicted molar refractivity (Wildman–Crippen MR) is 86.8 cm³/mol. The van der Waals surface area contributed by atoms with E-state index in [-0.39, 0.29) is 11.9 Å². The highest BCUT2D eigenvalue weighted by Crippen LogP contribution is 2.33. The van der Waals surface area contributed by atoms with E-state index >= 15 is 0 Å². The van der Waals surface area contributed by atoms with Gasteiger partial charge in [0.1, 0.15) is 5.82 Å². The lowest BCUT2D eigenvalue weighted by atomic mass is 10.1. The summed E-state index contributed by atoms with van der Waals surface area (Å²) in [5.41, 5.74) is 8.24. The molecule has 0 saturated heterocycles. The van der Waals surface area contributed by atoms with E-state index in [4.69, 9.17) is 17.3 Å². The molecule has 1 unspecified atom stereocenters. The number of benzene rings is 2. The topological polar surface area (TPSA) is 29.3 Å². The van der Waals surface area contributed by atoms with Crippen LogP contribution in [0.1, 0.15) is 18.5 Å². The van der Waals surface area contributed by atoms with Crippen LogP contribution in [0.4, 0.5) is 15.8 Å². The normalized spacial score (nSPS) is 12.2. The Kier molecular flexibility index (Phi) is 4.55. The average molecular weight is 358 g/mol. The van der Waals surface area contributed by atoms with Crippen LogP contribution in [0, 0.1) is 5.82 Å². The summed E-state index contributed by atoms with van der Waals surface area (Å²) in [6.07, 6.45) is 0. The second-order valence-corrected chi connectivity index (χ2v) is 5.95. The van der Waals surface area contributed by atoms with Crippen LogP contribution in [0.25, 0.3) is 0 Å². The summed E-state index contributed by atoms with van der Waals surface area (Å²) in [5.74, 6) is -0.329. The Morgan fingerprint density at radius 3 is 2.45 bits per heavy atom. The fourth-order valence-corrected chi connectivity index (χ4v) is 2.52. The van der Waals surface area contributed by atoms with Crippen LogP contribution < -0.4 is 10.6 Å². The van der Waals surface area contributed by atoms with Gasteiger partial charge in [0.25, 0.3) is 0 Å². The average Bonchev–Trinajstić information content (AvgIpc) is 2.42. The van der Waals surface area contributed by atoms with Crippen LogP contribution in [0.15, 0.2) is 40.9 Å². The molecule has 0 aliphatic heterocycles. The van der Waals surface area contributed by atoms with Crippen molar-refractivity contribution in [1.82, 2.24) is 0 Å². The van der Waals surface area contributed by atoms with E-state index in [0.29, 0.717) is 20.9 Å². The molecule has 0 spiro atoms. The summed E-state index contributed by atoms with van der Waals surface area (Å²) >= 11 is 9.02. The van der Waals surface area contributed by atoms with E-state index in [1.54, 1.807) is 6.07 Å². The molecule has 0 aromatic heterocycles. The third-order valence-corrected chi connectivity index (χ3v) is 4.24. The standard InChI is InChI=1S/C15H15BrClFN2/c1-9(10-3-5-11(17)6-4-10)20(2)15-8-13(18)12(16)7-14(15)19/h3-9H,19H2,1-2H3. The van der Waals surface area contributed by atoms with Gasteiger partial charge in [0.15, 0.2) is 0 Å². The Labute approximate surface area is 131 Å². The number of hydrogen-bond acceptors (Lipinski definition) is 2. The van der Waals surface area contributed by atoms with Gasteiger partial charge in [0.2, 0.25) is 0 Å². The first-order valence-electron chi connectivity index (χ1n) is 6.13. The van der Waals surface area contributed by atoms with Crippen LogP contribution in [0.5, 0.6) is 0 Å². The highest BCUT2D eigenvalue weighted by Gasteiger charge is 2.16. The Morgan fingerprint density at radius 2 is 1.85 bits per heavy atom. The minimum Gasteiger partial charge on any atom is -0.397 e. The Bertz CT molecular complexity index is 616. The lowest BCUT2D eigenvalue weighted by Gasteiger charge is -2.28. The van der Waals surface area contributed by atoms with Gasteiger partial charge in [-0.05, 0) is 46.6 Å². The van der Waals surface area contributed by atoms with Crippen LogP contribution in [-0.2, 0) is 0 Å². The summed E-state index contributed by atoms with van der Waals surface area (Å²) in [7, 11) is 1.89. The minimum atomic E-state index is -0.329. The Balaban J connectivity index is 2.33. The van der Waals surface area contributed by atoms with E-state index in [2.05, 4.69) is 15.9 Å². The van der Waals surface area contributed by atoms with E-state index in [1.165, 1.54) is 6.07 Å². The van der Waals surface area contributed by atoms with Gasteiger partial charge in [-0.3, -0.25) is 0 Å². The number of rotatable bonds is 3. The van der Waals surface area contributed by atoms with Crippen molar-refractivity contribution in [3.8, 4) is 0 Å². The molecule has 5 heteroatoms. The van der Waals surface area contributed by atoms with Crippen LogP contribution in [-0.4, -0.2) is 7.05 Å². The first kappa shape index (κ1) is 15.1. The molecule has 106 valence electrons. The molecule has 0 fully saturated rings. The van der Waals surface area contributed by atoms with Gasteiger partial charge >= 0.3 is 0 Å². The maximum atomic E-state index is 13.7. The van der Waals surface area contributed by atoms with Gasteiger partial charge in [0, 0.05) is 18.1 Å². The lowest BCUT2D eigenvalue weighted by Crippen LogP contribution is -2.22. The van der Waals surface area contributed by atoms with Crippen molar-refractivity contribution >= 4 is 38.9 Å². The third kappa shape index (κ3) is 3.07. The molecule has 0 aliphatic rings. The largest absolute Gasteiger partial charge is 0.397 e. The Morgan fingerprint density at radius 1 is 1.25 bits per heavy atom. The first-order chi connectivity index (χ1) is 9.40. The van der Waals surface area contributed by atoms with Crippen molar-refractivity contribution in [1.29, 1.82) is 0 Å². The van der Waals surface area contributed by atoms with Crippen LogP contribution >= 0.6 is 27.5 Å². The summed E-state index contributed by atoms with van der Waals surface area (Å²) in [6.45, 7) is 2.03. The monoisotopic (exact) mass is 356 g/mol. The van der Waals surface area contributed by atoms with Gasteiger partial charge in [-0.2, -0.15) is 0 Å². The zero-order valence-corrected chi connectivity index (χ0v) is 13.5. The van der Waals surface area contributed by atoms with Gasteiger partial charge in [-0.25, -0.2) is 4.39 Å². The molecule has 1 atom stereocenters. The molecule has 2 N–H and O–H groups in total. The molecular formula is C15H15BrClFN2. The summed E-state index contributed by atoms with van der Waals surface area (Å²) in [5, 5.41) is 0.692. The maximum Gasteiger partial charge on any atom is 0.139 e. The number of hydrogen-bond donors (Lipinski definition) is 1. The van der Waals surface area contributed by atoms with E-state index in [9.17, 15) is 4.39 Å². The summed E-state index contributed by atoms with van der Waals surface area (Å²) < 4.78 is 14.1. The Hall–Kier alpha value is -1.26. The van der Waals surface area contributed by atoms with E-state index < -0.39 is 0 Å². The van der Waals surface area contributed by atoms with Crippen LogP contribution in [0.2, 0.25) is 5.02 Å². The molecule has 0 radical (unpaired) electrons. The van der Waals surface area contributed by atoms with Crippen molar-refractivity contribution in [2.24, 2.45) is 0 Å².